The minimum atomic E-state index is -0.880. The summed E-state index contributed by atoms with van der Waals surface area (Å²) in [6.45, 7) is 10.5. The maximum atomic E-state index is 12.3. The van der Waals surface area contributed by atoms with E-state index < -0.39 is 5.97 Å². The molecule has 0 bridgehead atoms. The highest BCUT2D eigenvalue weighted by molar-refractivity contribution is 6.21. The van der Waals surface area contributed by atoms with Gasteiger partial charge in [0.15, 0.2) is 0 Å². The van der Waals surface area contributed by atoms with E-state index in [1.165, 1.54) is 4.90 Å². The number of imide groups is 1. The summed E-state index contributed by atoms with van der Waals surface area (Å²) in [5.41, 5.74) is 0.873. The molecule has 1 aromatic carbocycles. The topological polar surface area (TPSA) is 185 Å². The number of carbonyl (C=O) groups excluding carboxylic acids is 2. The highest BCUT2D eigenvalue weighted by Crippen LogP contribution is 2.21. The molecule has 1 aromatic rings. The third kappa shape index (κ3) is 23.8. The summed E-state index contributed by atoms with van der Waals surface area (Å²) in [5, 5.41) is 8.49. The van der Waals surface area contributed by atoms with E-state index in [1.807, 2.05) is 0 Å². The van der Waals surface area contributed by atoms with Gasteiger partial charge in [0.25, 0.3) is 11.8 Å². The molecule has 0 aromatic heterocycles. The number of carboxylic acids is 1. The number of hydrogen-bond acceptors (Lipinski definition) is 15. The molecule has 1 aliphatic heterocycles. The largest absolute Gasteiger partial charge is 0.481 e. The lowest BCUT2D eigenvalue weighted by Crippen LogP contribution is -2.33. The second kappa shape index (κ2) is 33.0. The SMILES string of the molecule is O=C(O)CCOCCOCCOCCOCCOCCOCCOCCOCCOCCOCCOCCOCCN1C(=O)c2ccccc2C1=O. The molecule has 1 aliphatic rings. The first-order valence-corrected chi connectivity index (χ1v) is 17.7. The van der Waals surface area contributed by atoms with Gasteiger partial charge in [0, 0.05) is 0 Å². The lowest BCUT2D eigenvalue weighted by atomic mass is 10.1. The molecule has 0 unspecified atom stereocenters. The number of hydrogen-bond donors (Lipinski definition) is 1. The van der Waals surface area contributed by atoms with Crippen molar-refractivity contribution in [3.63, 3.8) is 0 Å². The van der Waals surface area contributed by atoms with Gasteiger partial charge in [-0.15, -0.1) is 0 Å². The summed E-state index contributed by atoms with van der Waals surface area (Å²) < 4.78 is 65.0. The quantitative estimate of drug-likeness (QED) is 0.0741. The van der Waals surface area contributed by atoms with Crippen molar-refractivity contribution >= 4 is 17.8 Å². The van der Waals surface area contributed by atoms with Gasteiger partial charge in [0.05, 0.1) is 183 Å². The summed E-state index contributed by atoms with van der Waals surface area (Å²) in [6.07, 6.45) is -0.00894. The zero-order valence-corrected chi connectivity index (χ0v) is 30.2. The standard InChI is InChI=1S/C35H57NO16/c37-33(38)5-7-41-9-11-43-13-15-45-17-19-47-21-23-49-25-27-51-29-30-52-28-26-50-24-22-48-20-18-46-16-14-44-12-10-42-8-6-36-34(39)31-3-1-2-4-32(31)35(36)40/h1-4H,5-30H2,(H,37,38). The van der Waals surface area contributed by atoms with Gasteiger partial charge in [0.2, 0.25) is 0 Å². The first kappa shape index (κ1) is 45.5. The second-order valence-corrected chi connectivity index (χ2v) is 10.8. The maximum absolute atomic E-state index is 12.3. The molecule has 298 valence electrons. The number of amides is 2. The molecular formula is C35H57NO16. The molecule has 0 radical (unpaired) electrons. The molecule has 17 heteroatoms. The lowest BCUT2D eigenvalue weighted by molar-refractivity contribution is -0.138. The van der Waals surface area contributed by atoms with E-state index in [-0.39, 0.29) is 38.0 Å². The number of carbonyl (C=O) groups is 3. The second-order valence-electron chi connectivity index (χ2n) is 10.8. The van der Waals surface area contributed by atoms with Crippen LogP contribution in [-0.4, -0.2) is 193 Å². The van der Waals surface area contributed by atoms with Crippen molar-refractivity contribution in [3.8, 4) is 0 Å². The van der Waals surface area contributed by atoms with E-state index in [2.05, 4.69) is 0 Å². The summed E-state index contributed by atoms with van der Waals surface area (Å²) in [5.74, 6) is -1.45. The smallest absolute Gasteiger partial charge is 0.305 e. The van der Waals surface area contributed by atoms with Crippen LogP contribution in [0.25, 0.3) is 0 Å². The van der Waals surface area contributed by atoms with Crippen molar-refractivity contribution in [3.05, 3.63) is 35.4 Å². The number of rotatable bonds is 39. The molecule has 0 atom stereocenters. The molecule has 0 fully saturated rings. The van der Waals surface area contributed by atoms with Crippen LogP contribution in [0, 0.1) is 0 Å². The predicted molar refractivity (Wildman–Crippen MR) is 184 cm³/mol. The third-order valence-electron chi connectivity index (χ3n) is 6.89. The third-order valence-corrected chi connectivity index (χ3v) is 6.89. The molecule has 52 heavy (non-hydrogen) atoms. The minimum absolute atomic E-state index is 0.00894. The van der Waals surface area contributed by atoms with E-state index in [9.17, 15) is 14.4 Å². The summed E-state index contributed by atoms with van der Waals surface area (Å²) in [6, 6.07) is 6.80. The van der Waals surface area contributed by atoms with Crippen molar-refractivity contribution in [2.24, 2.45) is 0 Å². The molecule has 1 heterocycles. The number of ether oxygens (including phenoxy) is 12. The van der Waals surface area contributed by atoms with Gasteiger partial charge in [-0.05, 0) is 12.1 Å². The Morgan fingerprint density at radius 2 is 0.635 bits per heavy atom. The number of aliphatic carboxylic acids is 1. The average molecular weight is 748 g/mol. The van der Waals surface area contributed by atoms with Crippen LogP contribution in [0.1, 0.15) is 27.1 Å². The molecular weight excluding hydrogens is 690 g/mol. The van der Waals surface area contributed by atoms with E-state index in [0.717, 1.165) is 0 Å². The fourth-order valence-corrected chi connectivity index (χ4v) is 4.28. The summed E-state index contributed by atoms with van der Waals surface area (Å²) in [4.78, 5) is 36.2. The van der Waals surface area contributed by atoms with Gasteiger partial charge in [-0.3, -0.25) is 19.3 Å². The van der Waals surface area contributed by atoms with Gasteiger partial charge in [-0.1, -0.05) is 12.1 Å². The molecule has 1 N–H and O–H groups in total. The lowest BCUT2D eigenvalue weighted by Gasteiger charge is -2.13. The van der Waals surface area contributed by atoms with Crippen LogP contribution in [0.3, 0.4) is 0 Å². The molecule has 0 spiro atoms. The molecule has 0 saturated heterocycles. The fourth-order valence-electron chi connectivity index (χ4n) is 4.28. The highest BCUT2D eigenvalue weighted by atomic mass is 16.6. The Kier molecular flexibility index (Phi) is 28.8. The number of carboxylic acid groups (broad SMARTS) is 1. The van der Waals surface area contributed by atoms with Crippen LogP contribution < -0.4 is 0 Å². The normalized spacial score (nSPS) is 12.7. The minimum Gasteiger partial charge on any atom is -0.481 e. The van der Waals surface area contributed by atoms with E-state index in [4.69, 9.17) is 61.9 Å². The zero-order valence-electron chi connectivity index (χ0n) is 30.2. The molecule has 0 aliphatic carbocycles. The molecule has 2 rings (SSSR count). The van der Waals surface area contributed by atoms with Crippen molar-refractivity contribution < 1.29 is 76.3 Å². The van der Waals surface area contributed by atoms with Crippen LogP contribution in [0.5, 0.6) is 0 Å². The van der Waals surface area contributed by atoms with Crippen LogP contribution in [0.4, 0.5) is 0 Å². The Morgan fingerprint density at radius 3 is 0.885 bits per heavy atom. The van der Waals surface area contributed by atoms with Crippen LogP contribution in [0.2, 0.25) is 0 Å². The van der Waals surface area contributed by atoms with E-state index in [0.29, 0.717) is 156 Å². The Morgan fingerprint density at radius 1 is 0.404 bits per heavy atom. The highest BCUT2D eigenvalue weighted by Gasteiger charge is 2.34. The molecule has 2 amide bonds. The average Bonchev–Trinajstić information content (AvgIpc) is 3.39. The maximum Gasteiger partial charge on any atom is 0.305 e. The van der Waals surface area contributed by atoms with E-state index in [1.54, 1.807) is 24.3 Å². The van der Waals surface area contributed by atoms with Gasteiger partial charge in [0.1, 0.15) is 0 Å². The number of benzene rings is 1. The predicted octanol–water partition coefficient (Wildman–Crippen LogP) is 0.957. The van der Waals surface area contributed by atoms with E-state index >= 15 is 0 Å². The number of fused-ring (bicyclic) bond motifs is 1. The number of nitrogens with zero attached hydrogens (tertiary/aromatic N) is 1. The van der Waals surface area contributed by atoms with Gasteiger partial charge >= 0.3 is 5.97 Å². The van der Waals surface area contributed by atoms with Crippen LogP contribution >= 0.6 is 0 Å². The Labute approximate surface area is 305 Å². The summed E-state index contributed by atoms with van der Waals surface area (Å²) >= 11 is 0. The van der Waals surface area contributed by atoms with Gasteiger partial charge < -0.3 is 61.9 Å². The Balaban J connectivity index is 1.16. The Hall–Kier alpha value is -2.65. The van der Waals surface area contributed by atoms with Gasteiger partial charge in [-0.2, -0.15) is 0 Å². The fraction of sp³-hybridized carbons (Fsp3) is 0.743. The van der Waals surface area contributed by atoms with Crippen molar-refractivity contribution in [1.29, 1.82) is 0 Å². The Bertz CT molecular complexity index is 1010. The first-order chi connectivity index (χ1) is 25.6. The van der Waals surface area contributed by atoms with Crippen molar-refractivity contribution in [2.75, 3.05) is 165 Å². The van der Waals surface area contributed by atoms with Crippen LogP contribution in [-0.2, 0) is 61.6 Å². The zero-order chi connectivity index (χ0) is 37.2. The molecule has 0 saturated carbocycles. The van der Waals surface area contributed by atoms with Gasteiger partial charge in [-0.25, -0.2) is 0 Å². The van der Waals surface area contributed by atoms with Crippen molar-refractivity contribution in [1.82, 2.24) is 4.90 Å². The van der Waals surface area contributed by atoms with Crippen LogP contribution in [0.15, 0.2) is 24.3 Å². The summed E-state index contributed by atoms with van der Waals surface area (Å²) in [7, 11) is 0. The monoisotopic (exact) mass is 747 g/mol. The first-order valence-electron chi connectivity index (χ1n) is 17.7. The van der Waals surface area contributed by atoms with Crippen molar-refractivity contribution in [2.45, 2.75) is 6.42 Å². The molecule has 17 nitrogen and oxygen atoms in total.